The van der Waals surface area contributed by atoms with E-state index in [-0.39, 0.29) is 6.04 Å². The number of benzene rings is 1. The summed E-state index contributed by atoms with van der Waals surface area (Å²) >= 11 is 0. The molecule has 1 fully saturated rings. The van der Waals surface area contributed by atoms with Crippen molar-refractivity contribution in [2.24, 2.45) is 5.73 Å². The van der Waals surface area contributed by atoms with E-state index in [2.05, 4.69) is 0 Å². The number of hydrogen-bond donors (Lipinski definition) is 1. The Bertz CT molecular complexity index is 353. The van der Waals surface area contributed by atoms with Crippen molar-refractivity contribution in [2.75, 3.05) is 0 Å². The average Bonchev–Trinajstić information content (AvgIpc) is 2.07. The minimum atomic E-state index is -1.16. The lowest BCUT2D eigenvalue weighted by molar-refractivity contribution is 0.0399. The Morgan fingerprint density at radius 2 is 2.00 bits per heavy atom. The Balaban J connectivity index is 2.36. The molecular weight excluding hydrogens is 177 g/mol. The lowest BCUT2D eigenvalue weighted by atomic mass is 9.72. The molecule has 0 aliphatic heterocycles. The Kier molecular flexibility index (Phi) is 2.11. The number of hydrogen-bond acceptors (Lipinski definition) is 1. The lowest BCUT2D eigenvalue weighted by Crippen LogP contribution is -2.46. The van der Waals surface area contributed by atoms with Crippen LogP contribution in [0.1, 0.15) is 29.5 Å². The van der Waals surface area contributed by atoms with Crippen molar-refractivity contribution in [3.63, 3.8) is 0 Å². The van der Waals surface area contributed by atoms with E-state index in [9.17, 15) is 4.39 Å². The van der Waals surface area contributed by atoms with Gasteiger partial charge in [0.25, 0.3) is 0 Å². The SMILES string of the molecule is Cc1ccc(C)c(C2(F)CC(N)C2)c1. The van der Waals surface area contributed by atoms with E-state index in [1.807, 2.05) is 32.0 Å². The third kappa shape index (κ3) is 1.44. The molecule has 0 atom stereocenters. The van der Waals surface area contributed by atoms with Crippen molar-refractivity contribution in [1.82, 2.24) is 0 Å². The van der Waals surface area contributed by atoms with Gasteiger partial charge in [-0.15, -0.1) is 0 Å². The first kappa shape index (κ1) is 9.66. The third-order valence-corrected chi connectivity index (χ3v) is 3.05. The van der Waals surface area contributed by atoms with Gasteiger partial charge in [-0.2, -0.15) is 0 Å². The zero-order valence-corrected chi connectivity index (χ0v) is 8.68. The van der Waals surface area contributed by atoms with Crippen LogP contribution < -0.4 is 5.73 Å². The molecule has 0 heterocycles. The van der Waals surface area contributed by atoms with Gasteiger partial charge in [-0.3, -0.25) is 0 Å². The molecule has 1 aromatic carbocycles. The van der Waals surface area contributed by atoms with E-state index in [4.69, 9.17) is 5.73 Å². The molecule has 0 amide bonds. The van der Waals surface area contributed by atoms with E-state index in [0.29, 0.717) is 12.8 Å². The van der Waals surface area contributed by atoms with Crippen LogP contribution >= 0.6 is 0 Å². The van der Waals surface area contributed by atoms with Crippen molar-refractivity contribution in [1.29, 1.82) is 0 Å². The van der Waals surface area contributed by atoms with Crippen LogP contribution in [0.4, 0.5) is 4.39 Å². The molecule has 2 N–H and O–H groups in total. The van der Waals surface area contributed by atoms with Gasteiger partial charge in [0.2, 0.25) is 0 Å². The zero-order valence-electron chi connectivity index (χ0n) is 8.68. The summed E-state index contributed by atoms with van der Waals surface area (Å²) in [5.74, 6) is 0. The Morgan fingerprint density at radius 3 is 2.57 bits per heavy atom. The first-order valence-corrected chi connectivity index (χ1v) is 5.03. The highest BCUT2D eigenvalue weighted by atomic mass is 19.1. The molecule has 1 aromatic rings. The largest absolute Gasteiger partial charge is 0.327 e. The van der Waals surface area contributed by atoms with Gasteiger partial charge in [0.05, 0.1) is 0 Å². The van der Waals surface area contributed by atoms with Crippen LogP contribution in [-0.4, -0.2) is 6.04 Å². The van der Waals surface area contributed by atoms with Crippen LogP contribution in [0.25, 0.3) is 0 Å². The van der Waals surface area contributed by atoms with Gasteiger partial charge in [-0.25, -0.2) is 4.39 Å². The Morgan fingerprint density at radius 1 is 1.36 bits per heavy atom. The molecule has 2 rings (SSSR count). The predicted octanol–water partition coefficient (Wildman–Crippen LogP) is 2.59. The minimum Gasteiger partial charge on any atom is -0.327 e. The highest BCUT2D eigenvalue weighted by Gasteiger charge is 2.45. The summed E-state index contributed by atoms with van der Waals surface area (Å²) in [6.07, 6.45) is 0.939. The quantitative estimate of drug-likeness (QED) is 0.729. The van der Waals surface area contributed by atoms with Crippen molar-refractivity contribution >= 4 is 0 Å². The predicted molar refractivity (Wildman–Crippen MR) is 55.9 cm³/mol. The molecule has 0 unspecified atom stereocenters. The number of nitrogens with two attached hydrogens (primary N) is 1. The van der Waals surface area contributed by atoms with Crippen LogP contribution in [0.2, 0.25) is 0 Å². The zero-order chi connectivity index (χ0) is 10.3. The molecule has 2 heteroatoms. The molecule has 0 radical (unpaired) electrons. The monoisotopic (exact) mass is 193 g/mol. The minimum absolute atomic E-state index is 0.0416. The third-order valence-electron chi connectivity index (χ3n) is 3.05. The topological polar surface area (TPSA) is 26.0 Å². The standard InChI is InChI=1S/C12H16FN/c1-8-3-4-9(2)11(5-8)12(13)6-10(14)7-12/h3-5,10H,6-7,14H2,1-2H3. The van der Waals surface area contributed by atoms with Crippen molar-refractivity contribution in [3.05, 3.63) is 34.9 Å². The van der Waals surface area contributed by atoms with Gasteiger partial charge < -0.3 is 5.73 Å². The number of rotatable bonds is 1. The maximum Gasteiger partial charge on any atom is 0.139 e. The van der Waals surface area contributed by atoms with Crippen LogP contribution in [0.5, 0.6) is 0 Å². The first-order valence-electron chi connectivity index (χ1n) is 5.03. The average molecular weight is 193 g/mol. The number of alkyl halides is 1. The first-order chi connectivity index (χ1) is 6.51. The second-order valence-corrected chi connectivity index (χ2v) is 4.45. The molecule has 0 bridgehead atoms. The lowest BCUT2D eigenvalue weighted by Gasteiger charge is -2.40. The molecule has 14 heavy (non-hydrogen) atoms. The number of aryl methyl sites for hydroxylation is 2. The van der Waals surface area contributed by atoms with E-state index < -0.39 is 5.67 Å². The summed E-state index contributed by atoms with van der Waals surface area (Å²) in [7, 11) is 0. The molecule has 0 spiro atoms. The fourth-order valence-corrected chi connectivity index (χ4v) is 2.21. The number of halogens is 1. The molecule has 0 saturated heterocycles. The molecule has 1 saturated carbocycles. The van der Waals surface area contributed by atoms with Crippen LogP contribution in [0, 0.1) is 13.8 Å². The summed E-state index contributed by atoms with van der Waals surface area (Å²) in [6.45, 7) is 3.95. The van der Waals surface area contributed by atoms with E-state index >= 15 is 0 Å². The van der Waals surface area contributed by atoms with E-state index in [0.717, 1.165) is 16.7 Å². The highest BCUT2D eigenvalue weighted by Crippen LogP contribution is 2.45. The van der Waals surface area contributed by atoms with Crippen molar-refractivity contribution in [3.8, 4) is 0 Å². The fourth-order valence-electron chi connectivity index (χ4n) is 2.21. The van der Waals surface area contributed by atoms with Gasteiger partial charge in [0, 0.05) is 18.9 Å². The second-order valence-electron chi connectivity index (χ2n) is 4.45. The molecule has 76 valence electrons. The van der Waals surface area contributed by atoms with Crippen LogP contribution in [0.15, 0.2) is 18.2 Å². The summed E-state index contributed by atoms with van der Waals surface area (Å²) < 4.78 is 14.2. The van der Waals surface area contributed by atoms with Gasteiger partial charge >= 0.3 is 0 Å². The second kappa shape index (κ2) is 3.06. The summed E-state index contributed by atoms with van der Waals surface area (Å²) in [5, 5.41) is 0. The normalized spacial score (nSPS) is 31.3. The Labute approximate surface area is 84.1 Å². The highest BCUT2D eigenvalue weighted by molar-refractivity contribution is 5.37. The van der Waals surface area contributed by atoms with Gasteiger partial charge in [0.15, 0.2) is 0 Å². The van der Waals surface area contributed by atoms with Crippen LogP contribution in [0.3, 0.4) is 0 Å². The maximum atomic E-state index is 14.2. The van der Waals surface area contributed by atoms with E-state index in [1.165, 1.54) is 0 Å². The smallest absolute Gasteiger partial charge is 0.139 e. The van der Waals surface area contributed by atoms with Crippen molar-refractivity contribution in [2.45, 2.75) is 38.4 Å². The fraction of sp³-hybridized carbons (Fsp3) is 0.500. The molecule has 1 nitrogen and oxygen atoms in total. The van der Waals surface area contributed by atoms with Gasteiger partial charge in [-0.05, 0) is 25.0 Å². The molecular formula is C12H16FN. The van der Waals surface area contributed by atoms with Gasteiger partial charge in [-0.1, -0.05) is 23.8 Å². The maximum absolute atomic E-state index is 14.2. The molecule has 1 aliphatic rings. The van der Waals surface area contributed by atoms with Crippen molar-refractivity contribution < 1.29 is 4.39 Å². The summed E-state index contributed by atoms with van der Waals surface area (Å²) in [6, 6.07) is 5.98. The summed E-state index contributed by atoms with van der Waals surface area (Å²) in [5.41, 5.74) is 7.46. The van der Waals surface area contributed by atoms with E-state index in [1.54, 1.807) is 0 Å². The summed E-state index contributed by atoms with van der Waals surface area (Å²) in [4.78, 5) is 0. The van der Waals surface area contributed by atoms with Gasteiger partial charge in [0.1, 0.15) is 5.67 Å². The van der Waals surface area contributed by atoms with Crippen LogP contribution in [-0.2, 0) is 5.67 Å². The molecule has 0 aromatic heterocycles. The Hall–Kier alpha value is -0.890. The molecule has 1 aliphatic carbocycles.